The van der Waals surface area contributed by atoms with Crippen molar-refractivity contribution < 1.29 is 29.0 Å². The highest BCUT2D eigenvalue weighted by molar-refractivity contribution is 7.18. The molecule has 0 atom stereocenters. The summed E-state index contributed by atoms with van der Waals surface area (Å²) in [5, 5.41) is 15.4. The molecule has 2 amide bonds. The third-order valence-electron chi connectivity index (χ3n) is 3.56. The van der Waals surface area contributed by atoms with Gasteiger partial charge in [-0.3, -0.25) is 19.1 Å². The summed E-state index contributed by atoms with van der Waals surface area (Å²) in [6.07, 6.45) is 1.15. The number of aliphatic carboxylic acids is 1. The Morgan fingerprint density at radius 2 is 2.07 bits per heavy atom. The standard InChI is InChI=1S/C16H18N4O6S/c1-3-26-16(25)11-8(2)12(13(17)23)27-15(11)19-14(24)9-4-6-18-20(9)7-5-10(21)22/h4,6H,3,5,7H2,1-2H3,(H2,17,23)(H,19,24)(H,21,22). The van der Waals surface area contributed by atoms with Crippen molar-refractivity contribution in [3.05, 3.63) is 34.0 Å². The van der Waals surface area contributed by atoms with Crippen molar-refractivity contribution in [3.8, 4) is 0 Å². The fourth-order valence-electron chi connectivity index (χ4n) is 2.36. The zero-order chi connectivity index (χ0) is 20.1. The summed E-state index contributed by atoms with van der Waals surface area (Å²) in [5.74, 6) is -3.05. The number of nitrogens with two attached hydrogens (primary N) is 1. The van der Waals surface area contributed by atoms with Gasteiger partial charge in [0, 0.05) is 6.20 Å². The van der Waals surface area contributed by atoms with Crippen LogP contribution in [0.3, 0.4) is 0 Å². The number of rotatable bonds is 8. The van der Waals surface area contributed by atoms with Crippen LogP contribution >= 0.6 is 11.3 Å². The van der Waals surface area contributed by atoms with Crippen molar-refractivity contribution in [2.75, 3.05) is 11.9 Å². The molecule has 0 aliphatic rings. The van der Waals surface area contributed by atoms with Crippen molar-refractivity contribution in [1.29, 1.82) is 0 Å². The molecule has 2 aromatic heterocycles. The topological polar surface area (TPSA) is 154 Å². The molecule has 0 fully saturated rings. The molecule has 0 unspecified atom stereocenters. The molecule has 2 rings (SSSR count). The zero-order valence-electron chi connectivity index (χ0n) is 14.6. The summed E-state index contributed by atoms with van der Waals surface area (Å²) in [4.78, 5) is 47.2. The maximum absolute atomic E-state index is 12.6. The Kier molecular flexibility index (Phi) is 6.29. The average molecular weight is 394 g/mol. The predicted molar refractivity (Wildman–Crippen MR) is 96.0 cm³/mol. The van der Waals surface area contributed by atoms with Crippen molar-refractivity contribution in [3.63, 3.8) is 0 Å². The molecule has 144 valence electrons. The van der Waals surface area contributed by atoms with Gasteiger partial charge in [-0.1, -0.05) is 0 Å². The highest BCUT2D eigenvalue weighted by Crippen LogP contribution is 2.33. The highest BCUT2D eigenvalue weighted by atomic mass is 32.1. The molecule has 0 spiro atoms. The van der Waals surface area contributed by atoms with Crippen LogP contribution < -0.4 is 11.1 Å². The first-order chi connectivity index (χ1) is 12.8. The second-order valence-electron chi connectivity index (χ2n) is 5.38. The number of carboxylic acid groups (broad SMARTS) is 1. The van der Waals surface area contributed by atoms with E-state index in [4.69, 9.17) is 15.6 Å². The number of carbonyl (C=O) groups excluding carboxylic acids is 3. The number of hydrogen-bond donors (Lipinski definition) is 3. The molecule has 0 saturated carbocycles. The van der Waals surface area contributed by atoms with Crippen molar-refractivity contribution in [1.82, 2.24) is 9.78 Å². The van der Waals surface area contributed by atoms with Crippen molar-refractivity contribution in [2.24, 2.45) is 5.73 Å². The molecular weight excluding hydrogens is 376 g/mol. The molecular formula is C16H18N4O6S. The van der Waals surface area contributed by atoms with Gasteiger partial charge >= 0.3 is 11.9 Å². The molecule has 0 aliphatic heterocycles. The van der Waals surface area contributed by atoms with Crippen LogP contribution in [0.2, 0.25) is 0 Å². The fraction of sp³-hybridized carbons (Fsp3) is 0.312. The number of aromatic nitrogens is 2. The minimum Gasteiger partial charge on any atom is -0.481 e. The smallest absolute Gasteiger partial charge is 0.341 e. The molecule has 4 N–H and O–H groups in total. The molecule has 0 aromatic carbocycles. The average Bonchev–Trinajstić information content (AvgIpc) is 3.17. The van der Waals surface area contributed by atoms with E-state index in [9.17, 15) is 19.2 Å². The van der Waals surface area contributed by atoms with E-state index in [0.29, 0.717) is 5.56 Å². The summed E-state index contributed by atoms with van der Waals surface area (Å²) in [6.45, 7) is 3.30. The Hall–Kier alpha value is -3.21. The van der Waals surface area contributed by atoms with Gasteiger partial charge in [-0.2, -0.15) is 5.10 Å². The summed E-state index contributed by atoms with van der Waals surface area (Å²) in [7, 11) is 0. The largest absolute Gasteiger partial charge is 0.481 e. The number of ether oxygens (including phenoxy) is 1. The molecule has 0 saturated heterocycles. The van der Waals surface area contributed by atoms with E-state index in [-0.39, 0.29) is 40.7 Å². The Balaban J connectivity index is 2.34. The molecule has 10 nitrogen and oxygen atoms in total. The third-order valence-corrected chi connectivity index (χ3v) is 4.79. The summed E-state index contributed by atoms with van der Waals surface area (Å²) < 4.78 is 6.22. The maximum Gasteiger partial charge on any atom is 0.341 e. The van der Waals surface area contributed by atoms with Gasteiger partial charge in [0.15, 0.2) is 0 Å². The van der Waals surface area contributed by atoms with Gasteiger partial charge in [0.05, 0.1) is 30.0 Å². The van der Waals surface area contributed by atoms with Gasteiger partial charge in [-0.25, -0.2) is 4.79 Å². The lowest BCUT2D eigenvalue weighted by molar-refractivity contribution is -0.137. The van der Waals surface area contributed by atoms with E-state index in [1.165, 1.54) is 23.9 Å². The molecule has 2 heterocycles. The van der Waals surface area contributed by atoms with Crippen LogP contribution in [0.1, 0.15) is 49.4 Å². The Labute approximate surface area is 157 Å². The summed E-state index contributed by atoms with van der Waals surface area (Å²) >= 11 is 0.867. The zero-order valence-corrected chi connectivity index (χ0v) is 15.5. The van der Waals surface area contributed by atoms with Gasteiger partial charge in [-0.15, -0.1) is 11.3 Å². The van der Waals surface area contributed by atoms with Crippen LogP contribution in [0.25, 0.3) is 0 Å². The van der Waals surface area contributed by atoms with E-state index >= 15 is 0 Å². The number of nitrogens with zero attached hydrogens (tertiary/aromatic N) is 2. The first-order valence-electron chi connectivity index (χ1n) is 7.91. The van der Waals surface area contributed by atoms with Crippen LogP contribution in [-0.4, -0.2) is 45.2 Å². The second-order valence-corrected chi connectivity index (χ2v) is 6.40. The van der Waals surface area contributed by atoms with E-state index in [1.807, 2.05) is 0 Å². The lowest BCUT2D eigenvalue weighted by atomic mass is 10.1. The van der Waals surface area contributed by atoms with Crippen molar-refractivity contribution >= 4 is 40.1 Å². The third kappa shape index (κ3) is 4.50. The first kappa shape index (κ1) is 20.1. The van der Waals surface area contributed by atoms with Gasteiger partial charge in [-0.05, 0) is 25.5 Å². The molecule has 27 heavy (non-hydrogen) atoms. The lowest BCUT2D eigenvalue weighted by Gasteiger charge is -2.08. The quantitative estimate of drug-likeness (QED) is 0.569. The Bertz CT molecular complexity index is 901. The number of carboxylic acids is 1. The molecule has 11 heteroatoms. The van der Waals surface area contributed by atoms with E-state index < -0.39 is 23.8 Å². The molecule has 0 radical (unpaired) electrons. The number of nitrogens with one attached hydrogen (secondary N) is 1. The molecule has 0 bridgehead atoms. The van der Waals surface area contributed by atoms with E-state index in [0.717, 1.165) is 11.3 Å². The fourth-order valence-corrected chi connectivity index (χ4v) is 3.40. The Morgan fingerprint density at radius 3 is 2.67 bits per heavy atom. The van der Waals surface area contributed by atoms with Crippen LogP contribution in [0.15, 0.2) is 12.3 Å². The van der Waals surface area contributed by atoms with Crippen molar-refractivity contribution in [2.45, 2.75) is 26.8 Å². The monoisotopic (exact) mass is 394 g/mol. The number of hydrogen-bond acceptors (Lipinski definition) is 7. The number of primary amides is 1. The van der Waals surface area contributed by atoms with E-state index in [1.54, 1.807) is 6.92 Å². The van der Waals surface area contributed by atoms with Gasteiger partial charge < -0.3 is 20.9 Å². The number of esters is 1. The minimum atomic E-state index is -1.03. The lowest BCUT2D eigenvalue weighted by Crippen LogP contribution is -2.20. The van der Waals surface area contributed by atoms with Gasteiger partial charge in [0.25, 0.3) is 11.8 Å². The maximum atomic E-state index is 12.6. The number of aryl methyl sites for hydroxylation is 1. The minimum absolute atomic E-state index is 0.00578. The number of anilines is 1. The predicted octanol–water partition coefficient (Wildman–Crippen LogP) is 1.26. The summed E-state index contributed by atoms with van der Waals surface area (Å²) in [5.41, 5.74) is 5.81. The number of amides is 2. The number of carbonyl (C=O) groups is 4. The van der Waals surface area contributed by atoms with E-state index in [2.05, 4.69) is 10.4 Å². The normalized spacial score (nSPS) is 10.4. The second kappa shape index (κ2) is 8.45. The first-order valence-corrected chi connectivity index (χ1v) is 8.73. The van der Waals surface area contributed by atoms with Gasteiger partial charge in [0.1, 0.15) is 10.7 Å². The molecule has 0 aliphatic carbocycles. The van der Waals surface area contributed by atoms with Crippen LogP contribution in [-0.2, 0) is 16.1 Å². The molecule has 2 aromatic rings. The SMILES string of the molecule is CCOC(=O)c1c(NC(=O)c2ccnn2CCC(=O)O)sc(C(N)=O)c1C. The Morgan fingerprint density at radius 1 is 1.37 bits per heavy atom. The van der Waals surface area contributed by atoms with Crippen LogP contribution in [0.5, 0.6) is 0 Å². The van der Waals surface area contributed by atoms with Crippen LogP contribution in [0.4, 0.5) is 5.00 Å². The highest BCUT2D eigenvalue weighted by Gasteiger charge is 2.26. The van der Waals surface area contributed by atoms with Crippen LogP contribution in [0, 0.1) is 6.92 Å². The van der Waals surface area contributed by atoms with Gasteiger partial charge in [0.2, 0.25) is 0 Å². The summed E-state index contributed by atoms with van der Waals surface area (Å²) in [6, 6.07) is 1.41. The number of thiophene rings is 1.